The normalized spacial score (nSPS) is 10.8. The minimum atomic E-state index is -0.702. The van der Waals surface area contributed by atoms with Gasteiger partial charge in [-0.25, -0.2) is 0 Å². The largest absolute Gasteiger partial charge is 0.266 e. The summed E-state index contributed by atoms with van der Waals surface area (Å²) in [6, 6.07) is 4.45. The predicted molar refractivity (Wildman–Crippen MR) is 61.4 cm³/mol. The van der Waals surface area contributed by atoms with E-state index in [1.165, 1.54) is 30.1 Å². The quantitative estimate of drug-likeness (QED) is 0.668. The first-order chi connectivity index (χ1) is 6.24. The second-order valence-corrected chi connectivity index (χ2v) is 6.75. The number of pyridine rings is 1. The number of aryl methyl sites for hydroxylation is 1. The molecule has 0 aromatic carbocycles. The van der Waals surface area contributed by atoms with E-state index in [4.69, 9.17) is 0 Å². The highest BCUT2D eigenvalue weighted by molar-refractivity contribution is 6.69. The zero-order chi connectivity index (χ0) is 9.68. The molecular formula is C11H19NSi. The molecule has 0 aliphatic carbocycles. The molecule has 0 saturated heterocycles. The highest BCUT2D eigenvalue weighted by atomic mass is 28.3. The van der Waals surface area contributed by atoms with Crippen molar-refractivity contribution in [3.05, 3.63) is 23.9 Å². The van der Waals surface area contributed by atoms with Crippen molar-refractivity contribution in [2.75, 3.05) is 0 Å². The first kappa shape index (κ1) is 10.4. The van der Waals surface area contributed by atoms with Crippen LogP contribution >= 0.6 is 0 Å². The van der Waals surface area contributed by atoms with Crippen LogP contribution < -0.4 is 5.32 Å². The molecule has 72 valence electrons. The van der Waals surface area contributed by atoms with E-state index >= 15 is 0 Å². The molecule has 0 atom stereocenters. The van der Waals surface area contributed by atoms with E-state index in [-0.39, 0.29) is 0 Å². The van der Waals surface area contributed by atoms with Crippen molar-refractivity contribution < 1.29 is 0 Å². The van der Waals surface area contributed by atoms with Gasteiger partial charge in [-0.3, -0.25) is 4.98 Å². The zero-order valence-corrected chi connectivity index (χ0v) is 10.0. The molecule has 1 aromatic heterocycles. The van der Waals surface area contributed by atoms with Crippen LogP contribution in [-0.4, -0.2) is 13.8 Å². The molecule has 0 spiro atoms. The zero-order valence-electron chi connectivity index (χ0n) is 8.88. The summed E-state index contributed by atoms with van der Waals surface area (Å²) < 4.78 is 0. The first-order valence-corrected chi connectivity index (χ1v) is 8.07. The van der Waals surface area contributed by atoms with E-state index in [1.54, 1.807) is 0 Å². The Morgan fingerprint density at radius 1 is 1.38 bits per heavy atom. The Morgan fingerprint density at radius 2 is 2.15 bits per heavy atom. The van der Waals surface area contributed by atoms with Gasteiger partial charge in [0, 0.05) is 11.5 Å². The topological polar surface area (TPSA) is 12.9 Å². The van der Waals surface area contributed by atoms with Crippen molar-refractivity contribution in [3.8, 4) is 0 Å². The average molecular weight is 193 g/mol. The van der Waals surface area contributed by atoms with E-state index in [9.17, 15) is 0 Å². The molecule has 0 fully saturated rings. The van der Waals surface area contributed by atoms with Crippen molar-refractivity contribution in [1.82, 2.24) is 4.98 Å². The third kappa shape index (κ3) is 3.31. The Bertz CT molecular complexity index is 258. The van der Waals surface area contributed by atoms with Crippen LogP contribution in [0, 0.1) is 0 Å². The van der Waals surface area contributed by atoms with Gasteiger partial charge in [0.2, 0.25) is 0 Å². The third-order valence-corrected chi connectivity index (χ3v) is 3.75. The van der Waals surface area contributed by atoms with Gasteiger partial charge < -0.3 is 0 Å². The second kappa shape index (κ2) is 5.17. The summed E-state index contributed by atoms with van der Waals surface area (Å²) in [5, 5.41) is 1.36. The third-order valence-electron chi connectivity index (χ3n) is 2.26. The molecule has 0 unspecified atom stereocenters. The molecule has 0 amide bonds. The van der Waals surface area contributed by atoms with E-state index in [2.05, 4.69) is 37.1 Å². The molecule has 0 saturated carbocycles. The number of aromatic nitrogens is 1. The highest BCUT2D eigenvalue weighted by Crippen LogP contribution is 2.02. The minimum absolute atomic E-state index is 0.702. The van der Waals surface area contributed by atoms with Crippen molar-refractivity contribution in [3.63, 3.8) is 0 Å². The number of rotatable bonds is 4. The summed E-state index contributed by atoms with van der Waals surface area (Å²) >= 11 is 0. The molecule has 0 radical (unpaired) electrons. The molecule has 2 heteroatoms. The highest BCUT2D eigenvalue weighted by Gasteiger charge is 2.02. The maximum atomic E-state index is 4.41. The standard InChI is InChI=1S/C11H19NSi/c1-4-5-6-10-7-8-12-11(9-10)13(2)3/h7-9,13H,4-6H2,1-3H3. The fraction of sp³-hybridized carbons (Fsp3) is 0.545. The summed E-state index contributed by atoms with van der Waals surface area (Å²) in [5.41, 5.74) is 1.47. The Kier molecular flexibility index (Phi) is 4.16. The monoisotopic (exact) mass is 193 g/mol. The molecule has 1 aromatic rings. The maximum absolute atomic E-state index is 4.41. The van der Waals surface area contributed by atoms with Crippen LogP contribution in [0.15, 0.2) is 18.3 Å². The predicted octanol–water partition coefficient (Wildman–Crippen LogP) is 2.12. The van der Waals surface area contributed by atoms with Crippen LogP contribution in [0.4, 0.5) is 0 Å². The summed E-state index contributed by atoms with van der Waals surface area (Å²) in [4.78, 5) is 4.41. The van der Waals surface area contributed by atoms with Gasteiger partial charge in [0.15, 0.2) is 0 Å². The summed E-state index contributed by atoms with van der Waals surface area (Å²) in [5.74, 6) is 0. The van der Waals surface area contributed by atoms with Crippen molar-refractivity contribution in [1.29, 1.82) is 0 Å². The maximum Gasteiger partial charge on any atom is 0.0884 e. The van der Waals surface area contributed by atoms with Gasteiger partial charge in [0.1, 0.15) is 0 Å². The summed E-state index contributed by atoms with van der Waals surface area (Å²) in [6.45, 7) is 6.89. The molecule has 0 aliphatic heterocycles. The van der Waals surface area contributed by atoms with Gasteiger partial charge in [0.05, 0.1) is 8.80 Å². The number of nitrogens with zero attached hydrogens (tertiary/aromatic N) is 1. The molecule has 1 heterocycles. The smallest absolute Gasteiger partial charge is 0.0884 e. The molecule has 13 heavy (non-hydrogen) atoms. The van der Waals surface area contributed by atoms with Gasteiger partial charge >= 0.3 is 0 Å². The molecule has 0 bridgehead atoms. The Hall–Kier alpha value is -0.633. The lowest BCUT2D eigenvalue weighted by molar-refractivity contribution is 0.794. The molecule has 0 N–H and O–H groups in total. The second-order valence-electron chi connectivity index (χ2n) is 3.85. The number of hydrogen-bond donors (Lipinski definition) is 0. The summed E-state index contributed by atoms with van der Waals surface area (Å²) in [6.07, 6.45) is 5.75. The van der Waals surface area contributed by atoms with Gasteiger partial charge in [0.25, 0.3) is 0 Å². The molecule has 1 rings (SSSR count). The van der Waals surface area contributed by atoms with Crippen LogP contribution in [-0.2, 0) is 6.42 Å². The van der Waals surface area contributed by atoms with Crippen LogP contribution in [0.5, 0.6) is 0 Å². The fourth-order valence-electron chi connectivity index (χ4n) is 1.35. The van der Waals surface area contributed by atoms with E-state index in [0.29, 0.717) is 0 Å². The summed E-state index contributed by atoms with van der Waals surface area (Å²) in [7, 11) is -0.702. The molecule has 1 nitrogen and oxygen atoms in total. The van der Waals surface area contributed by atoms with E-state index in [1.807, 2.05) is 6.20 Å². The van der Waals surface area contributed by atoms with Crippen molar-refractivity contribution in [2.24, 2.45) is 0 Å². The van der Waals surface area contributed by atoms with Crippen LogP contribution in [0.3, 0.4) is 0 Å². The first-order valence-electron chi connectivity index (χ1n) is 5.19. The Labute approximate surface area is 82.8 Å². The SMILES string of the molecule is CCCCc1ccnc([SiH](C)C)c1. The van der Waals surface area contributed by atoms with E-state index in [0.717, 1.165) is 0 Å². The number of unbranched alkanes of at least 4 members (excludes halogenated alkanes) is 1. The average Bonchev–Trinajstić information content (AvgIpc) is 2.15. The lowest BCUT2D eigenvalue weighted by atomic mass is 10.1. The van der Waals surface area contributed by atoms with Crippen molar-refractivity contribution >= 4 is 14.1 Å². The van der Waals surface area contributed by atoms with Crippen LogP contribution in [0.1, 0.15) is 25.3 Å². The van der Waals surface area contributed by atoms with Crippen LogP contribution in [0.25, 0.3) is 0 Å². The number of hydrogen-bond acceptors (Lipinski definition) is 1. The van der Waals surface area contributed by atoms with Gasteiger partial charge in [-0.2, -0.15) is 0 Å². The molecule has 0 aliphatic rings. The Morgan fingerprint density at radius 3 is 2.77 bits per heavy atom. The Balaban J connectivity index is 2.68. The van der Waals surface area contributed by atoms with Gasteiger partial charge in [-0.1, -0.05) is 26.4 Å². The van der Waals surface area contributed by atoms with E-state index < -0.39 is 8.80 Å². The van der Waals surface area contributed by atoms with Crippen molar-refractivity contribution in [2.45, 2.75) is 39.3 Å². The fourth-order valence-corrected chi connectivity index (χ4v) is 2.28. The van der Waals surface area contributed by atoms with Gasteiger partial charge in [-0.05, 0) is 30.5 Å². The lowest BCUT2D eigenvalue weighted by Gasteiger charge is -2.05. The lowest BCUT2D eigenvalue weighted by Crippen LogP contribution is -2.26. The minimum Gasteiger partial charge on any atom is -0.266 e. The van der Waals surface area contributed by atoms with Gasteiger partial charge in [-0.15, -0.1) is 0 Å². The molecular weight excluding hydrogens is 174 g/mol. The van der Waals surface area contributed by atoms with Crippen LogP contribution in [0.2, 0.25) is 13.1 Å².